The molecule has 102 valence electrons. The van der Waals surface area contributed by atoms with Crippen molar-refractivity contribution in [3.05, 3.63) is 24.3 Å². The highest BCUT2D eigenvalue weighted by atomic mass is 19.3. The molecule has 0 heterocycles. The molecule has 19 heavy (non-hydrogen) atoms. The second kappa shape index (κ2) is 6.04. The van der Waals surface area contributed by atoms with Crippen LogP contribution in [-0.2, 0) is 4.79 Å². The van der Waals surface area contributed by atoms with Crippen molar-refractivity contribution in [3.8, 4) is 11.8 Å². The van der Waals surface area contributed by atoms with Crippen LogP contribution in [0, 0.1) is 11.3 Å². The molecule has 1 amide bonds. The second-order valence-corrected chi connectivity index (χ2v) is 3.38. The molecule has 0 aliphatic rings. The minimum atomic E-state index is -4.62. The highest BCUT2D eigenvalue weighted by Gasteiger charge is 2.43. The van der Waals surface area contributed by atoms with Gasteiger partial charge in [-0.05, 0) is 12.1 Å². The van der Waals surface area contributed by atoms with Gasteiger partial charge >= 0.3 is 12.5 Å². The number of benzene rings is 1. The predicted molar refractivity (Wildman–Crippen MR) is 56.9 cm³/mol. The molecule has 0 aliphatic carbocycles. The van der Waals surface area contributed by atoms with Gasteiger partial charge in [-0.15, -0.1) is 0 Å². The summed E-state index contributed by atoms with van der Waals surface area (Å²) in [6, 6.07) is 6.15. The van der Waals surface area contributed by atoms with Crippen LogP contribution in [0.1, 0.15) is 6.42 Å². The minimum Gasteiger partial charge on any atom is -0.428 e. The summed E-state index contributed by atoms with van der Waals surface area (Å²) in [5.41, 5.74) is 0.0582. The van der Waals surface area contributed by atoms with Crippen molar-refractivity contribution in [1.29, 1.82) is 5.26 Å². The number of halogens is 4. The molecule has 0 fully saturated rings. The van der Waals surface area contributed by atoms with Gasteiger partial charge in [-0.25, -0.2) is 0 Å². The zero-order valence-electron chi connectivity index (χ0n) is 9.37. The van der Waals surface area contributed by atoms with Crippen LogP contribution in [0.15, 0.2) is 24.3 Å². The van der Waals surface area contributed by atoms with Gasteiger partial charge in [0.05, 0.1) is 6.07 Å². The first-order valence-electron chi connectivity index (χ1n) is 4.97. The molecule has 0 saturated carbocycles. The lowest BCUT2D eigenvalue weighted by molar-refractivity contribution is -0.253. The summed E-state index contributed by atoms with van der Waals surface area (Å²) in [7, 11) is 0. The van der Waals surface area contributed by atoms with Crippen molar-refractivity contribution < 1.29 is 27.1 Å². The first-order chi connectivity index (χ1) is 8.85. The Bertz CT molecular complexity index is 500. The molecular weight excluding hydrogens is 268 g/mol. The molecule has 1 aromatic rings. The Labute approximate surface area is 105 Å². The number of ether oxygens (including phenoxy) is 1. The number of carbonyl (C=O) groups is 1. The molecule has 0 unspecified atom stereocenters. The Morgan fingerprint density at radius 2 is 2.16 bits per heavy atom. The van der Waals surface area contributed by atoms with E-state index in [-0.39, 0.29) is 5.69 Å². The number of nitriles is 1. The Balaban J connectivity index is 2.78. The molecule has 0 spiro atoms. The summed E-state index contributed by atoms with van der Waals surface area (Å²) in [6.07, 6.45) is -9.00. The van der Waals surface area contributed by atoms with Crippen molar-refractivity contribution in [1.82, 2.24) is 0 Å². The number of anilines is 1. The maximum atomic E-state index is 12.6. The highest BCUT2D eigenvalue weighted by Crippen LogP contribution is 2.28. The van der Waals surface area contributed by atoms with Gasteiger partial charge in [0, 0.05) is 11.8 Å². The number of nitrogens with zero attached hydrogens (tertiary/aromatic N) is 1. The third-order valence-electron chi connectivity index (χ3n) is 1.87. The molecule has 0 saturated heterocycles. The van der Waals surface area contributed by atoms with Gasteiger partial charge in [0.2, 0.25) is 5.91 Å². The number of hydrogen-bond donors (Lipinski definition) is 1. The monoisotopic (exact) mass is 276 g/mol. The highest BCUT2D eigenvalue weighted by molar-refractivity contribution is 5.92. The molecule has 0 bridgehead atoms. The maximum absolute atomic E-state index is 12.6. The molecule has 1 aromatic carbocycles. The molecule has 0 aromatic heterocycles. The van der Waals surface area contributed by atoms with E-state index in [1.807, 2.05) is 0 Å². The fourth-order valence-corrected chi connectivity index (χ4v) is 1.12. The van der Waals surface area contributed by atoms with Crippen LogP contribution in [0.2, 0.25) is 0 Å². The smallest absolute Gasteiger partial charge is 0.428 e. The van der Waals surface area contributed by atoms with Crippen LogP contribution >= 0.6 is 0 Å². The molecule has 0 aliphatic heterocycles. The van der Waals surface area contributed by atoms with E-state index in [2.05, 4.69) is 10.1 Å². The van der Waals surface area contributed by atoms with Crippen molar-refractivity contribution in [2.45, 2.75) is 19.0 Å². The maximum Gasteiger partial charge on any atom is 0.461 e. The average Bonchev–Trinajstić information content (AvgIpc) is 2.28. The number of nitrogens with one attached hydrogen (secondary N) is 1. The number of carbonyl (C=O) groups excluding carboxylic acids is 1. The summed E-state index contributed by atoms with van der Waals surface area (Å²) in [6.45, 7) is 0. The molecule has 1 rings (SSSR count). The zero-order valence-corrected chi connectivity index (χ0v) is 9.37. The summed E-state index contributed by atoms with van der Waals surface area (Å²) in [4.78, 5) is 11.1. The van der Waals surface area contributed by atoms with Crippen molar-refractivity contribution in [2.75, 3.05) is 5.32 Å². The number of amides is 1. The van der Waals surface area contributed by atoms with E-state index in [1.165, 1.54) is 12.1 Å². The van der Waals surface area contributed by atoms with Gasteiger partial charge in [0.15, 0.2) is 0 Å². The molecule has 0 radical (unpaired) electrons. The van der Waals surface area contributed by atoms with Crippen molar-refractivity contribution in [3.63, 3.8) is 0 Å². The van der Waals surface area contributed by atoms with Gasteiger partial charge in [-0.1, -0.05) is 6.07 Å². The van der Waals surface area contributed by atoms with E-state index in [9.17, 15) is 22.4 Å². The minimum absolute atomic E-state index is 0.0582. The van der Waals surface area contributed by atoms with Crippen molar-refractivity contribution >= 4 is 11.6 Å². The van der Waals surface area contributed by atoms with E-state index in [0.717, 1.165) is 12.1 Å². The van der Waals surface area contributed by atoms with Gasteiger partial charge in [-0.2, -0.15) is 22.8 Å². The first kappa shape index (κ1) is 14.8. The van der Waals surface area contributed by atoms with Crippen LogP contribution in [0.4, 0.5) is 23.2 Å². The molecule has 8 heteroatoms. The zero-order chi connectivity index (χ0) is 14.5. The quantitative estimate of drug-likeness (QED) is 0.841. The predicted octanol–water partition coefficient (Wildman–Crippen LogP) is 2.78. The number of alkyl halides is 4. The van der Waals surface area contributed by atoms with Gasteiger partial charge in [-0.3, -0.25) is 4.79 Å². The van der Waals surface area contributed by atoms with E-state index >= 15 is 0 Å². The standard InChI is InChI=1S/C11H8F4N2O2/c12-10(13)11(14,15)19-8-3-1-2-7(6-8)17-9(18)4-5-16/h1-3,6,10H,4H2,(H,17,18). The largest absolute Gasteiger partial charge is 0.461 e. The average molecular weight is 276 g/mol. The van der Waals surface area contributed by atoms with Gasteiger partial charge in [0.1, 0.15) is 12.2 Å². The van der Waals surface area contributed by atoms with Gasteiger partial charge in [0.25, 0.3) is 0 Å². The van der Waals surface area contributed by atoms with E-state index in [4.69, 9.17) is 5.26 Å². The van der Waals surface area contributed by atoms with E-state index in [1.54, 1.807) is 6.07 Å². The lowest BCUT2D eigenvalue weighted by Crippen LogP contribution is -2.33. The molecule has 0 atom stereocenters. The third-order valence-corrected chi connectivity index (χ3v) is 1.87. The lowest BCUT2D eigenvalue weighted by Gasteiger charge is -2.17. The SMILES string of the molecule is N#CCC(=O)Nc1cccc(OC(F)(F)C(F)F)c1. The fraction of sp³-hybridized carbons (Fsp3) is 0.273. The number of hydrogen-bond acceptors (Lipinski definition) is 3. The first-order valence-corrected chi connectivity index (χ1v) is 4.97. The fourth-order valence-electron chi connectivity index (χ4n) is 1.12. The molecular formula is C11H8F4N2O2. The summed E-state index contributed by atoms with van der Waals surface area (Å²) in [5, 5.41) is 10.5. The Kier molecular flexibility index (Phi) is 4.69. The normalized spacial score (nSPS) is 10.9. The summed E-state index contributed by atoms with van der Waals surface area (Å²) >= 11 is 0. The Hall–Kier alpha value is -2.30. The lowest BCUT2D eigenvalue weighted by atomic mass is 10.3. The summed E-state index contributed by atoms with van der Waals surface area (Å²) in [5.74, 6) is -1.18. The van der Waals surface area contributed by atoms with Crippen LogP contribution in [0.3, 0.4) is 0 Å². The topological polar surface area (TPSA) is 62.1 Å². The van der Waals surface area contributed by atoms with Gasteiger partial charge < -0.3 is 10.1 Å². The third kappa shape index (κ3) is 4.46. The van der Waals surface area contributed by atoms with Crippen LogP contribution < -0.4 is 10.1 Å². The Morgan fingerprint density at radius 3 is 2.74 bits per heavy atom. The second-order valence-electron chi connectivity index (χ2n) is 3.38. The van der Waals surface area contributed by atoms with Crippen LogP contribution in [-0.4, -0.2) is 18.4 Å². The molecule has 1 N–H and O–H groups in total. The van der Waals surface area contributed by atoms with Crippen LogP contribution in [0.5, 0.6) is 5.75 Å². The Morgan fingerprint density at radius 1 is 1.47 bits per heavy atom. The number of rotatable bonds is 5. The van der Waals surface area contributed by atoms with E-state index in [0.29, 0.717) is 0 Å². The van der Waals surface area contributed by atoms with Crippen LogP contribution in [0.25, 0.3) is 0 Å². The molecule has 4 nitrogen and oxygen atoms in total. The summed E-state index contributed by atoms with van der Waals surface area (Å²) < 4.78 is 53.0. The van der Waals surface area contributed by atoms with E-state index < -0.39 is 30.6 Å². The van der Waals surface area contributed by atoms with Crippen molar-refractivity contribution in [2.24, 2.45) is 0 Å².